The third-order valence-electron chi connectivity index (χ3n) is 3.75. The summed E-state index contributed by atoms with van der Waals surface area (Å²) in [6, 6.07) is 2.10. The smallest absolute Gasteiger partial charge is 0.255 e. The summed E-state index contributed by atoms with van der Waals surface area (Å²) in [6.07, 6.45) is 0.992. The van der Waals surface area contributed by atoms with Crippen molar-refractivity contribution in [2.45, 2.75) is 39.9 Å². The van der Waals surface area contributed by atoms with E-state index in [1.807, 2.05) is 11.6 Å². The van der Waals surface area contributed by atoms with Crippen molar-refractivity contribution in [3.63, 3.8) is 0 Å². The fourth-order valence-corrected chi connectivity index (χ4v) is 2.76. The van der Waals surface area contributed by atoms with Crippen molar-refractivity contribution in [2.75, 3.05) is 20.1 Å². The van der Waals surface area contributed by atoms with Crippen LogP contribution in [0, 0.1) is 0 Å². The number of hydrogen-bond acceptors (Lipinski definition) is 3. The second-order valence-corrected chi connectivity index (χ2v) is 4.84. The lowest BCUT2D eigenvalue weighted by Gasteiger charge is -2.30. The Labute approximate surface area is 109 Å². The summed E-state index contributed by atoms with van der Waals surface area (Å²) in [5.41, 5.74) is 3.63. The average Bonchev–Trinajstić information content (AvgIpc) is 2.39. The number of pyridine rings is 1. The molecule has 1 aromatic heterocycles. The Morgan fingerprint density at radius 2 is 2.11 bits per heavy atom. The highest BCUT2D eigenvalue weighted by atomic mass is 16.1. The van der Waals surface area contributed by atoms with Gasteiger partial charge in [0.2, 0.25) is 0 Å². The molecule has 0 fully saturated rings. The van der Waals surface area contributed by atoms with Gasteiger partial charge in [0.05, 0.1) is 0 Å². The molecule has 1 aromatic rings. The maximum atomic E-state index is 12.3. The van der Waals surface area contributed by atoms with Crippen LogP contribution in [-0.2, 0) is 26.1 Å². The Kier molecular flexibility index (Phi) is 4.19. The van der Waals surface area contributed by atoms with Crippen LogP contribution in [-0.4, -0.2) is 29.6 Å². The van der Waals surface area contributed by atoms with Gasteiger partial charge in [-0.05, 0) is 32.1 Å². The number of likely N-dealkylation sites (N-methyl/N-ethyl adjacent to an activating group) is 1. The molecule has 0 radical (unpaired) electrons. The van der Waals surface area contributed by atoms with Gasteiger partial charge >= 0.3 is 0 Å². The first-order valence-electron chi connectivity index (χ1n) is 6.82. The van der Waals surface area contributed by atoms with E-state index in [9.17, 15) is 4.79 Å². The van der Waals surface area contributed by atoms with Crippen molar-refractivity contribution in [3.8, 4) is 0 Å². The molecule has 1 aliphatic heterocycles. The van der Waals surface area contributed by atoms with Crippen molar-refractivity contribution >= 4 is 0 Å². The first-order chi connectivity index (χ1) is 8.71. The predicted molar refractivity (Wildman–Crippen MR) is 73.8 cm³/mol. The van der Waals surface area contributed by atoms with Gasteiger partial charge in [0.25, 0.3) is 5.56 Å². The molecule has 0 saturated heterocycles. The molecule has 0 spiro atoms. The van der Waals surface area contributed by atoms with Gasteiger partial charge in [0.1, 0.15) is 0 Å². The van der Waals surface area contributed by atoms with E-state index in [2.05, 4.69) is 30.1 Å². The summed E-state index contributed by atoms with van der Waals surface area (Å²) in [4.78, 5) is 14.7. The zero-order valence-corrected chi connectivity index (χ0v) is 11.6. The Hall–Kier alpha value is -1.13. The summed E-state index contributed by atoms with van der Waals surface area (Å²) in [6.45, 7) is 8.78. The molecule has 0 aromatic carbocycles. The second kappa shape index (κ2) is 5.67. The lowest BCUT2D eigenvalue weighted by Crippen LogP contribution is -2.37. The van der Waals surface area contributed by atoms with Gasteiger partial charge in [-0.15, -0.1) is 0 Å². The molecule has 0 unspecified atom stereocenters. The van der Waals surface area contributed by atoms with Crippen molar-refractivity contribution in [1.29, 1.82) is 0 Å². The first kappa shape index (κ1) is 13.3. The molecule has 2 heterocycles. The highest BCUT2D eigenvalue weighted by molar-refractivity contribution is 5.29. The number of rotatable bonds is 4. The van der Waals surface area contributed by atoms with Crippen molar-refractivity contribution < 1.29 is 0 Å². The zero-order chi connectivity index (χ0) is 13.1. The second-order valence-electron chi connectivity index (χ2n) is 4.84. The highest BCUT2D eigenvalue weighted by Crippen LogP contribution is 2.18. The number of nitrogens with one attached hydrogen (secondary N) is 1. The van der Waals surface area contributed by atoms with Crippen LogP contribution in [0.2, 0.25) is 0 Å². The molecule has 18 heavy (non-hydrogen) atoms. The van der Waals surface area contributed by atoms with E-state index in [0.29, 0.717) is 6.54 Å². The largest absolute Gasteiger partial charge is 0.315 e. The Balaban J connectivity index is 2.48. The minimum Gasteiger partial charge on any atom is -0.315 e. The summed E-state index contributed by atoms with van der Waals surface area (Å²) in [5.74, 6) is 0. The van der Waals surface area contributed by atoms with E-state index in [1.165, 1.54) is 11.3 Å². The van der Waals surface area contributed by atoms with Gasteiger partial charge in [-0.3, -0.25) is 9.69 Å². The lowest BCUT2D eigenvalue weighted by atomic mass is 10.0. The van der Waals surface area contributed by atoms with Gasteiger partial charge in [0.15, 0.2) is 0 Å². The van der Waals surface area contributed by atoms with E-state index >= 15 is 0 Å². The number of hydrogen-bond donors (Lipinski definition) is 1. The van der Waals surface area contributed by atoms with Crippen LogP contribution in [0.15, 0.2) is 10.9 Å². The van der Waals surface area contributed by atoms with Gasteiger partial charge in [-0.2, -0.15) is 0 Å². The molecule has 1 N–H and O–H groups in total. The van der Waals surface area contributed by atoms with Crippen molar-refractivity contribution in [3.05, 3.63) is 33.2 Å². The van der Waals surface area contributed by atoms with E-state index in [0.717, 1.165) is 38.2 Å². The molecule has 0 atom stereocenters. The molecule has 0 aliphatic carbocycles. The Morgan fingerprint density at radius 1 is 1.33 bits per heavy atom. The number of aromatic nitrogens is 1. The van der Waals surface area contributed by atoms with Crippen molar-refractivity contribution in [1.82, 2.24) is 14.8 Å². The van der Waals surface area contributed by atoms with Gasteiger partial charge in [0, 0.05) is 43.9 Å². The SMILES string of the molecule is CCN1CCc2c(cc(CNC)c(=O)n2CC)C1. The molecule has 100 valence electrons. The molecule has 1 aliphatic rings. The summed E-state index contributed by atoms with van der Waals surface area (Å²) in [7, 11) is 1.88. The van der Waals surface area contributed by atoms with E-state index < -0.39 is 0 Å². The zero-order valence-electron chi connectivity index (χ0n) is 11.6. The predicted octanol–water partition coefficient (Wildman–Crippen LogP) is 0.966. The maximum Gasteiger partial charge on any atom is 0.255 e. The minimum absolute atomic E-state index is 0.176. The molecule has 4 heteroatoms. The summed E-state index contributed by atoms with van der Waals surface area (Å²) >= 11 is 0. The van der Waals surface area contributed by atoms with Crippen LogP contribution in [0.3, 0.4) is 0 Å². The average molecular weight is 249 g/mol. The quantitative estimate of drug-likeness (QED) is 0.864. The van der Waals surface area contributed by atoms with Crippen LogP contribution in [0.4, 0.5) is 0 Å². The van der Waals surface area contributed by atoms with E-state index in [4.69, 9.17) is 0 Å². The molecule has 2 rings (SSSR count). The van der Waals surface area contributed by atoms with Gasteiger partial charge < -0.3 is 9.88 Å². The van der Waals surface area contributed by atoms with Crippen molar-refractivity contribution in [2.24, 2.45) is 0 Å². The molecule has 0 bridgehead atoms. The first-order valence-corrected chi connectivity index (χ1v) is 6.82. The molecule has 0 amide bonds. The van der Waals surface area contributed by atoms with Crippen LogP contribution >= 0.6 is 0 Å². The van der Waals surface area contributed by atoms with Gasteiger partial charge in [-0.1, -0.05) is 6.92 Å². The summed E-state index contributed by atoms with van der Waals surface area (Å²) in [5, 5.41) is 3.08. The third-order valence-corrected chi connectivity index (χ3v) is 3.75. The van der Waals surface area contributed by atoms with Crippen LogP contribution in [0.25, 0.3) is 0 Å². The fraction of sp³-hybridized carbons (Fsp3) is 0.643. The molecule has 0 saturated carbocycles. The number of fused-ring (bicyclic) bond motifs is 1. The van der Waals surface area contributed by atoms with Crippen LogP contribution in [0.1, 0.15) is 30.7 Å². The monoisotopic (exact) mass is 249 g/mol. The Morgan fingerprint density at radius 3 is 2.72 bits per heavy atom. The van der Waals surface area contributed by atoms with E-state index in [-0.39, 0.29) is 5.56 Å². The molecular weight excluding hydrogens is 226 g/mol. The molecule has 4 nitrogen and oxygen atoms in total. The van der Waals surface area contributed by atoms with Gasteiger partial charge in [-0.25, -0.2) is 0 Å². The third kappa shape index (κ3) is 2.35. The van der Waals surface area contributed by atoms with E-state index in [1.54, 1.807) is 0 Å². The fourth-order valence-electron chi connectivity index (χ4n) is 2.76. The molecular formula is C14H23N3O. The number of nitrogens with zero attached hydrogens (tertiary/aromatic N) is 2. The van der Waals surface area contributed by atoms with Crippen LogP contribution in [0.5, 0.6) is 0 Å². The topological polar surface area (TPSA) is 37.3 Å². The standard InChI is InChI=1S/C14H23N3O/c1-4-16-7-6-13-12(10-16)8-11(9-15-3)14(18)17(13)5-2/h8,15H,4-7,9-10H2,1-3H3. The lowest BCUT2D eigenvalue weighted by molar-refractivity contribution is 0.261. The highest BCUT2D eigenvalue weighted by Gasteiger charge is 2.20. The van der Waals surface area contributed by atoms with Crippen LogP contribution < -0.4 is 10.9 Å². The normalized spacial score (nSPS) is 15.7. The minimum atomic E-state index is 0.176. The maximum absolute atomic E-state index is 12.3. The Bertz CT molecular complexity index is 479. The summed E-state index contributed by atoms with van der Waals surface area (Å²) < 4.78 is 1.95.